The first-order chi connectivity index (χ1) is 17.6. The minimum absolute atomic E-state index is 0.0346. The third-order valence-corrected chi connectivity index (χ3v) is 7.11. The fourth-order valence-corrected chi connectivity index (χ4v) is 4.65. The number of aromatic amines is 1. The average molecular weight is 525 g/mol. The van der Waals surface area contributed by atoms with E-state index in [0.717, 1.165) is 22.1 Å². The number of aliphatic carboxylic acids is 1. The van der Waals surface area contributed by atoms with Crippen molar-refractivity contribution in [3.8, 4) is 0 Å². The molecule has 0 bridgehead atoms. The highest BCUT2D eigenvalue weighted by Gasteiger charge is 2.36. The lowest BCUT2D eigenvalue weighted by Gasteiger charge is -2.42. The molecule has 196 valence electrons. The van der Waals surface area contributed by atoms with Crippen molar-refractivity contribution < 1.29 is 14.7 Å². The van der Waals surface area contributed by atoms with Gasteiger partial charge in [-0.2, -0.15) is 5.10 Å². The van der Waals surface area contributed by atoms with Gasteiger partial charge in [0.05, 0.1) is 0 Å². The van der Waals surface area contributed by atoms with Crippen LogP contribution in [0.2, 0.25) is 0 Å². The second kappa shape index (κ2) is 11.2. The highest BCUT2D eigenvalue weighted by molar-refractivity contribution is 7.99. The summed E-state index contributed by atoms with van der Waals surface area (Å²) in [6.45, 7) is 9.71. The van der Waals surface area contributed by atoms with Gasteiger partial charge in [0.1, 0.15) is 17.2 Å². The molecule has 0 unspecified atom stereocenters. The first-order valence-corrected chi connectivity index (χ1v) is 12.9. The van der Waals surface area contributed by atoms with Gasteiger partial charge in [-0.15, -0.1) is 0 Å². The number of aryl methyl sites for hydroxylation is 1. The Bertz CT molecular complexity index is 1250. The van der Waals surface area contributed by atoms with Gasteiger partial charge < -0.3 is 20.6 Å². The minimum atomic E-state index is -0.925. The number of H-pyrrole nitrogens is 1. The number of hydrogen-bond acceptors (Lipinski definition) is 9. The van der Waals surface area contributed by atoms with Gasteiger partial charge in [0, 0.05) is 61.0 Å². The number of anilines is 4. The van der Waals surface area contributed by atoms with E-state index < -0.39 is 11.5 Å². The SMILES string of the molecule is CCC(=O)Nc1ccc(Sc2nc(Nc3cc(C)[nH]n3)cc(N3CCN(C(C)(C)C(=O)O)CC3)n2)cc1. The standard InChI is InChI=1S/C25H32N8O3S/c1-5-22(34)26-17-6-8-18(9-7-17)37-24-28-19(27-20-14-16(2)30-31-20)15-21(29-24)32-10-12-33(13-11-32)25(3,4)23(35)36/h6-9,14-15H,5,10-13H2,1-4H3,(H,26,34)(H,35,36)(H2,27,28,29,30,31). The number of carboxylic acid groups (broad SMARTS) is 1. The molecule has 0 aliphatic carbocycles. The molecule has 3 aromatic rings. The quantitative estimate of drug-likeness (QED) is 0.306. The van der Waals surface area contributed by atoms with Crippen LogP contribution in [-0.2, 0) is 9.59 Å². The number of carbonyl (C=O) groups excluding carboxylic acids is 1. The molecule has 0 radical (unpaired) electrons. The Morgan fingerprint density at radius 1 is 1.08 bits per heavy atom. The number of benzene rings is 1. The Labute approximate surface area is 220 Å². The lowest BCUT2D eigenvalue weighted by molar-refractivity contribution is -0.149. The summed E-state index contributed by atoms with van der Waals surface area (Å²) in [5.74, 6) is 1.16. The molecule has 0 saturated carbocycles. The molecule has 1 fully saturated rings. The zero-order valence-corrected chi connectivity index (χ0v) is 22.2. The molecule has 1 amide bonds. The van der Waals surface area contributed by atoms with Crippen LogP contribution >= 0.6 is 11.8 Å². The Morgan fingerprint density at radius 3 is 2.38 bits per heavy atom. The zero-order chi connectivity index (χ0) is 26.6. The van der Waals surface area contributed by atoms with Gasteiger partial charge in [0.2, 0.25) is 5.91 Å². The molecule has 2 aromatic heterocycles. The maximum absolute atomic E-state index is 11.7. The molecule has 37 heavy (non-hydrogen) atoms. The Balaban J connectivity index is 1.55. The third kappa shape index (κ3) is 6.57. The van der Waals surface area contributed by atoms with E-state index >= 15 is 0 Å². The van der Waals surface area contributed by atoms with Gasteiger partial charge >= 0.3 is 5.97 Å². The van der Waals surface area contributed by atoms with Gasteiger partial charge in [-0.3, -0.25) is 19.6 Å². The van der Waals surface area contributed by atoms with Crippen LogP contribution in [0.1, 0.15) is 32.9 Å². The van der Waals surface area contributed by atoms with Gasteiger partial charge in [-0.1, -0.05) is 6.92 Å². The van der Waals surface area contributed by atoms with Crippen molar-refractivity contribution in [3.63, 3.8) is 0 Å². The monoisotopic (exact) mass is 524 g/mol. The summed E-state index contributed by atoms with van der Waals surface area (Å²) in [6, 6.07) is 11.3. The van der Waals surface area contributed by atoms with E-state index in [1.54, 1.807) is 13.8 Å². The Morgan fingerprint density at radius 2 is 1.78 bits per heavy atom. The van der Waals surface area contributed by atoms with Crippen LogP contribution in [0.3, 0.4) is 0 Å². The molecule has 1 aliphatic rings. The Kier molecular flexibility index (Phi) is 7.98. The van der Waals surface area contributed by atoms with Crippen LogP contribution in [0.25, 0.3) is 0 Å². The third-order valence-electron chi connectivity index (χ3n) is 6.24. The summed E-state index contributed by atoms with van der Waals surface area (Å²) in [4.78, 5) is 37.9. The molecule has 1 aliphatic heterocycles. The topological polar surface area (TPSA) is 139 Å². The molecule has 12 heteroatoms. The van der Waals surface area contributed by atoms with Crippen LogP contribution < -0.4 is 15.5 Å². The van der Waals surface area contributed by atoms with E-state index in [-0.39, 0.29) is 5.91 Å². The summed E-state index contributed by atoms with van der Waals surface area (Å²) < 4.78 is 0. The zero-order valence-electron chi connectivity index (χ0n) is 21.4. The van der Waals surface area contributed by atoms with Crippen molar-refractivity contribution in [1.29, 1.82) is 0 Å². The molecule has 4 N–H and O–H groups in total. The number of nitrogens with zero attached hydrogens (tertiary/aromatic N) is 5. The predicted molar refractivity (Wildman–Crippen MR) is 144 cm³/mol. The minimum Gasteiger partial charge on any atom is -0.480 e. The average Bonchev–Trinajstić information content (AvgIpc) is 3.29. The highest BCUT2D eigenvalue weighted by Crippen LogP contribution is 2.30. The second-order valence-electron chi connectivity index (χ2n) is 9.32. The van der Waals surface area contributed by atoms with E-state index in [1.165, 1.54) is 11.8 Å². The molecule has 1 aromatic carbocycles. The normalized spacial score (nSPS) is 14.4. The number of piperazine rings is 1. The van der Waals surface area contributed by atoms with Crippen LogP contribution in [-0.4, -0.2) is 73.8 Å². The van der Waals surface area contributed by atoms with E-state index in [2.05, 4.69) is 25.7 Å². The van der Waals surface area contributed by atoms with Gasteiger partial charge in [-0.25, -0.2) is 9.97 Å². The molecular weight excluding hydrogens is 492 g/mol. The Hall–Kier alpha value is -3.64. The number of hydrogen-bond donors (Lipinski definition) is 4. The van der Waals surface area contributed by atoms with Gasteiger partial charge in [0.15, 0.2) is 11.0 Å². The van der Waals surface area contributed by atoms with Crippen molar-refractivity contribution in [1.82, 2.24) is 25.1 Å². The van der Waals surface area contributed by atoms with Gasteiger partial charge in [0.25, 0.3) is 0 Å². The highest BCUT2D eigenvalue weighted by atomic mass is 32.2. The number of carboxylic acids is 1. The first-order valence-electron chi connectivity index (χ1n) is 12.1. The largest absolute Gasteiger partial charge is 0.480 e. The van der Waals surface area contributed by atoms with E-state index in [9.17, 15) is 14.7 Å². The summed E-state index contributed by atoms with van der Waals surface area (Å²) in [5, 5.41) is 23.4. The fourth-order valence-electron chi connectivity index (χ4n) is 3.89. The van der Waals surface area contributed by atoms with Crippen LogP contribution in [0.4, 0.5) is 23.1 Å². The molecule has 1 saturated heterocycles. The number of amides is 1. The van der Waals surface area contributed by atoms with Crippen molar-refractivity contribution in [2.75, 3.05) is 41.7 Å². The number of rotatable bonds is 9. The predicted octanol–water partition coefficient (Wildman–Crippen LogP) is 3.74. The molecule has 11 nitrogen and oxygen atoms in total. The van der Waals surface area contributed by atoms with Gasteiger partial charge in [-0.05, 0) is 56.8 Å². The van der Waals surface area contributed by atoms with Crippen molar-refractivity contribution in [2.45, 2.75) is 49.7 Å². The number of aromatic nitrogens is 4. The maximum atomic E-state index is 11.7. The summed E-state index contributed by atoms with van der Waals surface area (Å²) in [5.41, 5.74) is 0.745. The molecule has 3 heterocycles. The van der Waals surface area contributed by atoms with E-state index in [0.29, 0.717) is 49.4 Å². The molecule has 4 rings (SSSR count). The van der Waals surface area contributed by atoms with Crippen LogP contribution in [0.15, 0.2) is 46.5 Å². The number of carbonyl (C=O) groups is 2. The van der Waals surface area contributed by atoms with Crippen molar-refractivity contribution in [3.05, 3.63) is 42.1 Å². The van der Waals surface area contributed by atoms with E-state index in [1.807, 2.05) is 55.1 Å². The smallest absolute Gasteiger partial charge is 0.323 e. The second-order valence-corrected chi connectivity index (χ2v) is 10.4. The fraction of sp³-hybridized carbons (Fsp3) is 0.400. The maximum Gasteiger partial charge on any atom is 0.323 e. The summed E-state index contributed by atoms with van der Waals surface area (Å²) >= 11 is 1.42. The summed E-state index contributed by atoms with van der Waals surface area (Å²) in [7, 11) is 0. The van der Waals surface area contributed by atoms with E-state index in [4.69, 9.17) is 9.97 Å². The van der Waals surface area contributed by atoms with Crippen molar-refractivity contribution >= 4 is 46.8 Å². The van der Waals surface area contributed by atoms with Crippen LogP contribution in [0, 0.1) is 6.92 Å². The number of nitrogens with one attached hydrogen (secondary N) is 3. The molecule has 0 atom stereocenters. The summed E-state index contributed by atoms with van der Waals surface area (Å²) in [6.07, 6.45) is 0.421. The first kappa shape index (κ1) is 26.4. The van der Waals surface area contributed by atoms with Crippen LogP contribution in [0.5, 0.6) is 0 Å². The van der Waals surface area contributed by atoms with Crippen molar-refractivity contribution in [2.24, 2.45) is 0 Å². The molecule has 0 spiro atoms. The lowest BCUT2D eigenvalue weighted by Crippen LogP contribution is -2.58. The lowest BCUT2D eigenvalue weighted by atomic mass is 10.0. The molecular formula is C25H32N8O3S.